The van der Waals surface area contributed by atoms with Crippen LogP contribution in [0, 0.1) is 10.1 Å². The first-order valence-corrected chi connectivity index (χ1v) is 5.70. The van der Waals surface area contributed by atoms with Crippen LogP contribution in [0.2, 0.25) is 0 Å². The van der Waals surface area contributed by atoms with Crippen molar-refractivity contribution in [1.82, 2.24) is 9.97 Å². The van der Waals surface area contributed by atoms with Gasteiger partial charge in [-0.15, -0.1) is 0 Å². The van der Waals surface area contributed by atoms with Gasteiger partial charge in [0.25, 0.3) is 5.69 Å². The summed E-state index contributed by atoms with van der Waals surface area (Å²) in [5, 5.41) is 13.7. The molecule has 0 aliphatic heterocycles. The average Bonchev–Trinajstić information content (AvgIpc) is 2.69. The van der Waals surface area contributed by atoms with Crippen molar-refractivity contribution in [2.24, 2.45) is 5.73 Å². The van der Waals surface area contributed by atoms with Crippen molar-refractivity contribution < 1.29 is 4.92 Å². The summed E-state index contributed by atoms with van der Waals surface area (Å²) >= 11 is 0. The van der Waals surface area contributed by atoms with E-state index in [1.54, 1.807) is 6.07 Å². The van der Waals surface area contributed by atoms with E-state index in [0.717, 1.165) is 6.42 Å². The minimum atomic E-state index is -0.427. The number of H-pyrrole nitrogens is 1. The van der Waals surface area contributed by atoms with Crippen LogP contribution in [-0.4, -0.2) is 27.5 Å². The van der Waals surface area contributed by atoms with Gasteiger partial charge in [0.2, 0.25) is 5.95 Å². The van der Waals surface area contributed by atoms with Crippen molar-refractivity contribution >= 4 is 22.7 Å². The van der Waals surface area contributed by atoms with Crippen LogP contribution in [0.25, 0.3) is 11.0 Å². The van der Waals surface area contributed by atoms with E-state index in [1.807, 2.05) is 6.92 Å². The molecule has 1 aromatic heterocycles. The topological polar surface area (TPSA) is 110 Å². The van der Waals surface area contributed by atoms with E-state index in [1.165, 1.54) is 12.1 Å². The van der Waals surface area contributed by atoms with Crippen LogP contribution in [0.5, 0.6) is 0 Å². The van der Waals surface area contributed by atoms with Gasteiger partial charge in [-0.05, 0) is 19.4 Å². The molecule has 0 radical (unpaired) electrons. The second-order valence-corrected chi connectivity index (χ2v) is 4.24. The zero-order chi connectivity index (χ0) is 13.1. The van der Waals surface area contributed by atoms with Crippen molar-refractivity contribution in [1.29, 1.82) is 0 Å². The Bertz CT molecular complexity index is 564. The number of aromatic nitrogens is 2. The van der Waals surface area contributed by atoms with Crippen LogP contribution in [0.3, 0.4) is 0 Å². The molecule has 96 valence electrons. The predicted octanol–water partition coefficient (Wildman–Crippen LogP) is 1.62. The van der Waals surface area contributed by atoms with Gasteiger partial charge in [0.15, 0.2) is 0 Å². The molecule has 0 saturated carbocycles. The van der Waals surface area contributed by atoms with E-state index in [2.05, 4.69) is 15.3 Å². The number of nitrogens with two attached hydrogens (primary N) is 1. The fraction of sp³-hybridized carbons (Fsp3) is 0.364. The van der Waals surface area contributed by atoms with Gasteiger partial charge in [-0.1, -0.05) is 0 Å². The highest BCUT2D eigenvalue weighted by atomic mass is 16.6. The molecular weight excluding hydrogens is 234 g/mol. The van der Waals surface area contributed by atoms with Crippen LogP contribution in [0.15, 0.2) is 18.2 Å². The van der Waals surface area contributed by atoms with Crippen molar-refractivity contribution in [3.05, 3.63) is 28.3 Å². The minimum Gasteiger partial charge on any atom is -0.356 e. The predicted molar refractivity (Wildman–Crippen MR) is 69.5 cm³/mol. The standard InChI is InChI=1S/C11H15N5O2/c1-7(12)4-5-13-11-14-9-3-2-8(16(17)18)6-10(9)15-11/h2-3,6-7H,4-5,12H2,1H3,(H2,13,14,15). The third kappa shape index (κ3) is 2.75. The molecule has 1 unspecified atom stereocenters. The number of nitro groups is 1. The highest BCUT2D eigenvalue weighted by molar-refractivity contribution is 5.79. The van der Waals surface area contributed by atoms with Crippen LogP contribution in [-0.2, 0) is 0 Å². The molecule has 7 nitrogen and oxygen atoms in total. The largest absolute Gasteiger partial charge is 0.356 e. The second-order valence-electron chi connectivity index (χ2n) is 4.24. The molecule has 2 rings (SSSR count). The minimum absolute atomic E-state index is 0.0493. The number of hydrogen-bond acceptors (Lipinski definition) is 5. The molecule has 4 N–H and O–H groups in total. The maximum atomic E-state index is 10.6. The Morgan fingerprint density at radius 1 is 1.61 bits per heavy atom. The SMILES string of the molecule is CC(N)CCNc1nc2ccc([N+](=O)[O-])cc2[nH]1. The van der Waals surface area contributed by atoms with Gasteiger partial charge >= 0.3 is 0 Å². The van der Waals surface area contributed by atoms with E-state index < -0.39 is 4.92 Å². The molecular formula is C11H15N5O2. The molecule has 0 amide bonds. The zero-order valence-corrected chi connectivity index (χ0v) is 10.0. The summed E-state index contributed by atoms with van der Waals surface area (Å²) in [6.07, 6.45) is 0.831. The maximum absolute atomic E-state index is 10.6. The highest BCUT2D eigenvalue weighted by Crippen LogP contribution is 2.20. The number of aromatic amines is 1. The summed E-state index contributed by atoms with van der Waals surface area (Å²) in [5.41, 5.74) is 7.03. The number of nitrogens with one attached hydrogen (secondary N) is 2. The van der Waals surface area contributed by atoms with Gasteiger partial charge in [-0.25, -0.2) is 4.98 Å². The summed E-state index contributed by atoms with van der Waals surface area (Å²) in [4.78, 5) is 17.5. The lowest BCUT2D eigenvalue weighted by Gasteiger charge is -2.04. The third-order valence-electron chi connectivity index (χ3n) is 2.57. The molecule has 1 aromatic carbocycles. The van der Waals surface area contributed by atoms with Crippen LogP contribution >= 0.6 is 0 Å². The number of anilines is 1. The monoisotopic (exact) mass is 249 g/mol. The number of hydrogen-bond donors (Lipinski definition) is 3. The first-order valence-electron chi connectivity index (χ1n) is 5.70. The Morgan fingerprint density at radius 3 is 3.06 bits per heavy atom. The smallest absolute Gasteiger partial charge is 0.271 e. The normalized spacial score (nSPS) is 12.6. The first kappa shape index (κ1) is 12.3. The molecule has 0 spiro atoms. The summed E-state index contributed by atoms with van der Waals surface area (Å²) in [5.74, 6) is 0.603. The van der Waals surface area contributed by atoms with Crippen molar-refractivity contribution in [3.63, 3.8) is 0 Å². The first-order chi connectivity index (χ1) is 8.56. The molecule has 0 bridgehead atoms. The zero-order valence-electron chi connectivity index (χ0n) is 10.0. The number of fused-ring (bicyclic) bond motifs is 1. The van der Waals surface area contributed by atoms with Gasteiger partial charge < -0.3 is 16.0 Å². The van der Waals surface area contributed by atoms with E-state index in [-0.39, 0.29) is 11.7 Å². The molecule has 0 fully saturated rings. The lowest BCUT2D eigenvalue weighted by atomic mass is 10.2. The second kappa shape index (κ2) is 5.01. The Balaban J connectivity index is 2.14. The Labute approximate surface area is 104 Å². The quantitative estimate of drug-likeness (QED) is 0.551. The maximum Gasteiger partial charge on any atom is 0.271 e. The van der Waals surface area contributed by atoms with E-state index in [4.69, 9.17) is 5.73 Å². The van der Waals surface area contributed by atoms with Gasteiger partial charge in [-0.2, -0.15) is 0 Å². The number of nitrogens with zero attached hydrogens (tertiary/aromatic N) is 2. The molecule has 18 heavy (non-hydrogen) atoms. The Morgan fingerprint density at radius 2 is 2.39 bits per heavy atom. The molecule has 1 atom stereocenters. The molecule has 7 heteroatoms. The van der Waals surface area contributed by atoms with Gasteiger partial charge in [0, 0.05) is 24.7 Å². The van der Waals surface area contributed by atoms with Crippen LogP contribution in [0.4, 0.5) is 11.6 Å². The Hall–Kier alpha value is -2.15. The van der Waals surface area contributed by atoms with E-state index in [9.17, 15) is 10.1 Å². The van der Waals surface area contributed by atoms with Crippen molar-refractivity contribution in [2.75, 3.05) is 11.9 Å². The number of nitro benzene ring substituents is 1. The molecule has 0 saturated heterocycles. The number of benzene rings is 1. The molecule has 1 heterocycles. The van der Waals surface area contributed by atoms with Crippen LogP contribution in [0.1, 0.15) is 13.3 Å². The van der Waals surface area contributed by atoms with Crippen molar-refractivity contribution in [3.8, 4) is 0 Å². The van der Waals surface area contributed by atoms with E-state index in [0.29, 0.717) is 23.5 Å². The lowest BCUT2D eigenvalue weighted by Crippen LogP contribution is -2.19. The summed E-state index contributed by atoms with van der Waals surface area (Å²) in [6, 6.07) is 4.66. The number of imidazole rings is 1. The van der Waals surface area contributed by atoms with Gasteiger partial charge in [-0.3, -0.25) is 10.1 Å². The highest BCUT2D eigenvalue weighted by Gasteiger charge is 2.09. The lowest BCUT2D eigenvalue weighted by molar-refractivity contribution is -0.384. The summed E-state index contributed by atoms with van der Waals surface area (Å²) in [7, 11) is 0. The van der Waals surface area contributed by atoms with Gasteiger partial charge in [0.05, 0.1) is 16.0 Å². The average molecular weight is 249 g/mol. The van der Waals surface area contributed by atoms with E-state index >= 15 is 0 Å². The Kier molecular flexibility index (Phi) is 3.42. The fourth-order valence-electron chi connectivity index (χ4n) is 1.61. The molecule has 0 aliphatic carbocycles. The molecule has 2 aromatic rings. The van der Waals surface area contributed by atoms with Crippen LogP contribution < -0.4 is 11.1 Å². The number of rotatable bonds is 5. The number of non-ortho nitro benzene ring substituents is 1. The van der Waals surface area contributed by atoms with Gasteiger partial charge in [0.1, 0.15) is 0 Å². The third-order valence-corrected chi connectivity index (χ3v) is 2.57. The molecule has 0 aliphatic rings. The summed E-state index contributed by atoms with van der Waals surface area (Å²) in [6.45, 7) is 2.64. The fourth-order valence-corrected chi connectivity index (χ4v) is 1.61. The van der Waals surface area contributed by atoms with Crippen molar-refractivity contribution in [2.45, 2.75) is 19.4 Å². The summed E-state index contributed by atoms with van der Waals surface area (Å²) < 4.78 is 0.